The number of benzene rings is 2. The van der Waals surface area contributed by atoms with Crippen LogP contribution >= 0.6 is 0 Å². The zero-order valence-corrected chi connectivity index (χ0v) is 12.8. The van der Waals surface area contributed by atoms with Crippen molar-refractivity contribution in [3.8, 4) is 0 Å². The normalized spacial score (nSPS) is 14.2. The van der Waals surface area contributed by atoms with Gasteiger partial charge in [0, 0.05) is 5.56 Å². The molecule has 0 aliphatic carbocycles. The monoisotopic (exact) mass is 352 g/mol. The third kappa shape index (κ3) is 2.57. The summed E-state index contributed by atoms with van der Waals surface area (Å²) in [4.78, 5) is 24.8. The first kappa shape index (κ1) is 16.2. The van der Waals surface area contributed by atoms with Gasteiger partial charge in [-0.3, -0.25) is 9.59 Å². The van der Waals surface area contributed by atoms with Crippen LogP contribution < -0.4 is 10.0 Å². The first-order valence-corrected chi connectivity index (χ1v) is 8.20. The molecule has 6 nitrogen and oxygen atoms in total. The molecule has 0 saturated carbocycles. The SMILES string of the molecule is NS(=O)(=O)c1ccc2c(c1)C(=O)C(=O)N2Cc1cccc(F)c1F. The molecule has 0 aromatic heterocycles. The van der Waals surface area contributed by atoms with Crippen molar-refractivity contribution in [3.63, 3.8) is 0 Å². The molecule has 1 aliphatic rings. The van der Waals surface area contributed by atoms with E-state index in [1.807, 2.05) is 0 Å². The van der Waals surface area contributed by atoms with Crippen LogP contribution in [0.1, 0.15) is 15.9 Å². The number of sulfonamides is 1. The van der Waals surface area contributed by atoms with E-state index in [0.29, 0.717) is 0 Å². The van der Waals surface area contributed by atoms with Gasteiger partial charge >= 0.3 is 0 Å². The number of nitrogens with two attached hydrogens (primary N) is 1. The summed E-state index contributed by atoms with van der Waals surface area (Å²) < 4.78 is 49.8. The Labute approximate surface area is 135 Å². The summed E-state index contributed by atoms with van der Waals surface area (Å²) in [6.07, 6.45) is 0. The Balaban J connectivity index is 2.05. The Morgan fingerprint density at radius 2 is 1.79 bits per heavy atom. The summed E-state index contributed by atoms with van der Waals surface area (Å²) in [6, 6.07) is 6.85. The third-order valence-electron chi connectivity index (χ3n) is 3.63. The van der Waals surface area contributed by atoms with E-state index in [1.54, 1.807) is 0 Å². The molecule has 0 saturated heterocycles. The lowest BCUT2D eigenvalue weighted by atomic mass is 10.1. The molecule has 0 unspecified atom stereocenters. The highest BCUT2D eigenvalue weighted by molar-refractivity contribution is 7.89. The second-order valence-electron chi connectivity index (χ2n) is 5.16. The van der Waals surface area contributed by atoms with Gasteiger partial charge in [-0.25, -0.2) is 22.3 Å². The molecular formula is C15H10F2N2O4S. The van der Waals surface area contributed by atoms with Crippen molar-refractivity contribution < 1.29 is 26.8 Å². The topological polar surface area (TPSA) is 97.5 Å². The van der Waals surface area contributed by atoms with Crippen LogP contribution in [0.3, 0.4) is 0 Å². The van der Waals surface area contributed by atoms with E-state index in [4.69, 9.17) is 5.14 Å². The summed E-state index contributed by atoms with van der Waals surface area (Å²) in [6.45, 7) is -0.365. The lowest BCUT2D eigenvalue weighted by molar-refractivity contribution is -0.114. The van der Waals surface area contributed by atoms with Crippen LogP contribution in [0.5, 0.6) is 0 Å². The number of halogens is 2. The van der Waals surface area contributed by atoms with Crippen LogP contribution in [-0.2, 0) is 21.4 Å². The van der Waals surface area contributed by atoms with E-state index in [0.717, 1.165) is 23.1 Å². The van der Waals surface area contributed by atoms with Gasteiger partial charge in [-0.2, -0.15) is 0 Å². The number of ketones is 1. The molecule has 2 N–H and O–H groups in total. The average molecular weight is 352 g/mol. The number of nitrogens with zero attached hydrogens (tertiary/aromatic N) is 1. The highest BCUT2D eigenvalue weighted by atomic mass is 32.2. The number of Topliss-reactive ketones (excluding diaryl/α,β-unsaturated/α-hetero) is 1. The van der Waals surface area contributed by atoms with Gasteiger partial charge in [0.25, 0.3) is 11.7 Å². The van der Waals surface area contributed by atoms with Gasteiger partial charge in [-0.15, -0.1) is 0 Å². The van der Waals surface area contributed by atoms with E-state index in [2.05, 4.69) is 0 Å². The standard InChI is InChI=1S/C15H10F2N2O4S/c16-11-3-1-2-8(13(11)17)7-19-12-5-4-9(24(18,22)23)6-10(12)14(20)15(19)21/h1-6H,7H2,(H2,18,22,23). The predicted molar refractivity (Wildman–Crippen MR) is 79.7 cm³/mol. The van der Waals surface area contributed by atoms with Gasteiger partial charge in [-0.05, 0) is 24.3 Å². The number of primary sulfonamides is 1. The second-order valence-corrected chi connectivity index (χ2v) is 6.72. The molecule has 1 aliphatic heterocycles. The fourth-order valence-electron chi connectivity index (χ4n) is 2.45. The van der Waals surface area contributed by atoms with Crippen molar-refractivity contribution in [1.29, 1.82) is 0 Å². The Morgan fingerprint density at radius 1 is 1.08 bits per heavy atom. The molecule has 1 amide bonds. The average Bonchev–Trinajstić information content (AvgIpc) is 2.75. The van der Waals surface area contributed by atoms with E-state index >= 15 is 0 Å². The summed E-state index contributed by atoms with van der Waals surface area (Å²) in [5, 5.41) is 5.00. The molecule has 124 valence electrons. The van der Waals surface area contributed by atoms with E-state index < -0.39 is 33.3 Å². The van der Waals surface area contributed by atoms with E-state index in [-0.39, 0.29) is 28.3 Å². The highest BCUT2D eigenvalue weighted by Gasteiger charge is 2.37. The Morgan fingerprint density at radius 3 is 2.46 bits per heavy atom. The van der Waals surface area contributed by atoms with Crippen LogP contribution in [0.4, 0.5) is 14.5 Å². The molecule has 1 heterocycles. The van der Waals surface area contributed by atoms with Crippen LogP contribution in [0.25, 0.3) is 0 Å². The second kappa shape index (κ2) is 5.46. The van der Waals surface area contributed by atoms with Crippen LogP contribution in [0.2, 0.25) is 0 Å². The largest absolute Gasteiger partial charge is 0.300 e. The first-order valence-electron chi connectivity index (χ1n) is 6.66. The van der Waals surface area contributed by atoms with E-state index in [1.165, 1.54) is 18.2 Å². The molecule has 3 rings (SSSR count). The molecule has 0 bridgehead atoms. The quantitative estimate of drug-likeness (QED) is 0.843. The zero-order chi connectivity index (χ0) is 17.6. The number of amides is 1. The Hall–Kier alpha value is -2.65. The van der Waals surface area contributed by atoms with Crippen molar-refractivity contribution in [2.24, 2.45) is 5.14 Å². The minimum atomic E-state index is -4.05. The molecule has 0 atom stereocenters. The molecule has 0 fully saturated rings. The lowest BCUT2D eigenvalue weighted by Gasteiger charge is -2.17. The summed E-state index contributed by atoms with van der Waals surface area (Å²) in [5.41, 5.74) is -0.149. The maximum Gasteiger partial charge on any atom is 0.299 e. The molecule has 24 heavy (non-hydrogen) atoms. The smallest absolute Gasteiger partial charge is 0.299 e. The van der Waals surface area contributed by atoms with Gasteiger partial charge < -0.3 is 4.90 Å². The number of rotatable bonds is 3. The summed E-state index contributed by atoms with van der Waals surface area (Å²) >= 11 is 0. The predicted octanol–water partition coefficient (Wildman–Crippen LogP) is 1.34. The molecule has 0 spiro atoms. The Kier molecular flexibility index (Phi) is 3.69. The van der Waals surface area contributed by atoms with Gasteiger partial charge in [0.15, 0.2) is 11.6 Å². The fraction of sp³-hybridized carbons (Fsp3) is 0.0667. The maximum atomic E-state index is 13.8. The first-order chi connectivity index (χ1) is 11.2. The molecule has 2 aromatic carbocycles. The minimum Gasteiger partial charge on any atom is -0.300 e. The summed E-state index contributed by atoms with van der Waals surface area (Å²) in [5.74, 6) is -4.09. The summed E-state index contributed by atoms with van der Waals surface area (Å²) in [7, 11) is -4.05. The number of hydrogen-bond acceptors (Lipinski definition) is 4. The highest BCUT2D eigenvalue weighted by Crippen LogP contribution is 2.32. The number of carbonyl (C=O) groups excluding carboxylic acids is 2. The van der Waals surface area contributed by atoms with E-state index in [9.17, 15) is 26.8 Å². The number of carbonyl (C=O) groups is 2. The third-order valence-corrected chi connectivity index (χ3v) is 4.54. The van der Waals surface area contributed by atoms with Crippen LogP contribution in [0, 0.1) is 11.6 Å². The zero-order valence-electron chi connectivity index (χ0n) is 12.0. The van der Waals surface area contributed by atoms with Crippen molar-refractivity contribution in [1.82, 2.24) is 0 Å². The fourth-order valence-corrected chi connectivity index (χ4v) is 2.99. The van der Waals surface area contributed by atoms with Gasteiger partial charge in [0.05, 0.1) is 22.7 Å². The van der Waals surface area contributed by atoms with Gasteiger partial charge in [0.1, 0.15) is 0 Å². The maximum absolute atomic E-state index is 13.8. The molecular weight excluding hydrogens is 342 g/mol. The molecule has 9 heteroatoms. The van der Waals surface area contributed by atoms with Crippen LogP contribution in [0.15, 0.2) is 41.3 Å². The molecule has 0 radical (unpaired) electrons. The van der Waals surface area contributed by atoms with Gasteiger partial charge in [0.2, 0.25) is 10.0 Å². The lowest BCUT2D eigenvalue weighted by Crippen LogP contribution is -2.29. The number of fused-ring (bicyclic) bond motifs is 1. The minimum absolute atomic E-state index is 0.112. The number of hydrogen-bond donors (Lipinski definition) is 1. The van der Waals surface area contributed by atoms with Crippen molar-refractivity contribution in [3.05, 3.63) is 59.2 Å². The number of anilines is 1. The van der Waals surface area contributed by atoms with Crippen molar-refractivity contribution in [2.75, 3.05) is 4.90 Å². The Bertz CT molecular complexity index is 989. The molecule has 2 aromatic rings. The van der Waals surface area contributed by atoms with Crippen molar-refractivity contribution in [2.45, 2.75) is 11.4 Å². The van der Waals surface area contributed by atoms with Crippen molar-refractivity contribution >= 4 is 27.4 Å². The van der Waals surface area contributed by atoms with Crippen LogP contribution in [-0.4, -0.2) is 20.1 Å². The van der Waals surface area contributed by atoms with Gasteiger partial charge in [-0.1, -0.05) is 12.1 Å².